The van der Waals surface area contributed by atoms with Gasteiger partial charge in [-0.25, -0.2) is 0 Å². The minimum atomic E-state index is -0.914. The van der Waals surface area contributed by atoms with Gasteiger partial charge in [-0.3, -0.25) is 24.0 Å². The van der Waals surface area contributed by atoms with Crippen LogP contribution in [-0.4, -0.2) is 74.6 Å². The molecule has 2 aromatic carbocycles. The molecule has 0 bridgehead atoms. The number of benzene rings is 2. The molecule has 3 aromatic rings. The Morgan fingerprint density at radius 3 is 2.56 bits per heavy atom. The van der Waals surface area contributed by atoms with Crippen molar-refractivity contribution in [3.05, 3.63) is 83.7 Å². The molecule has 3 fully saturated rings. The Balaban J connectivity index is 1.09. The van der Waals surface area contributed by atoms with Gasteiger partial charge in [-0.15, -0.1) is 0 Å². The average Bonchev–Trinajstić information content (AvgIpc) is 3.66. The van der Waals surface area contributed by atoms with E-state index in [1.165, 1.54) is 4.90 Å². The quantitative estimate of drug-likeness (QED) is 0.441. The number of anilines is 1. The molecular weight excluding hydrogens is 542 g/mol. The van der Waals surface area contributed by atoms with Crippen LogP contribution in [0.5, 0.6) is 0 Å². The second kappa shape index (κ2) is 11.3. The van der Waals surface area contributed by atoms with Gasteiger partial charge >= 0.3 is 0 Å². The maximum atomic E-state index is 14.2. The molecule has 0 spiro atoms. The monoisotopic (exact) mass is 581 g/mol. The highest BCUT2D eigenvalue weighted by Crippen LogP contribution is 2.47. The van der Waals surface area contributed by atoms with E-state index >= 15 is 0 Å². The maximum absolute atomic E-state index is 14.2. The number of piperidine rings is 2. The number of rotatable bonds is 6. The molecular formula is C34H39N5O4. The zero-order valence-corrected chi connectivity index (χ0v) is 24.5. The fourth-order valence-corrected chi connectivity index (χ4v) is 8.09. The first-order chi connectivity index (χ1) is 21.0. The Bertz CT molecular complexity index is 1510. The van der Waals surface area contributed by atoms with Gasteiger partial charge in [0.2, 0.25) is 5.91 Å². The molecule has 0 radical (unpaired) electrons. The molecule has 2 saturated heterocycles. The normalized spacial score (nSPS) is 27.3. The molecule has 4 aliphatic rings. The number of hydrogen-bond donors (Lipinski definition) is 1. The number of carbonyl (C=O) groups excluding carboxylic acids is 3. The standard InChI is InChI=1S/C34H39N5O4/c40-31(38-20-16-34(43,25-10-2-1-3-11-25)27-13-4-5-14-28(27)38)24-9-7-18-36(23-24)29-15-6-12-26-30(29)33(42)39(32(26)41)22-21-37-19-8-17-35-37/h1-3,6,8,10-12,15,17,19,24,27-28,43H,4-5,7,9,13-14,16,18,20-23H2/t24?,27-,28+,34+/m1/s1. The third kappa shape index (κ3) is 4.83. The lowest BCUT2D eigenvalue weighted by molar-refractivity contribution is -0.158. The van der Waals surface area contributed by atoms with Crippen molar-refractivity contribution >= 4 is 23.4 Å². The first kappa shape index (κ1) is 27.8. The summed E-state index contributed by atoms with van der Waals surface area (Å²) in [5.74, 6) is -0.570. The molecule has 1 aliphatic carbocycles. The summed E-state index contributed by atoms with van der Waals surface area (Å²) in [7, 11) is 0. The Morgan fingerprint density at radius 2 is 1.74 bits per heavy atom. The SMILES string of the molecule is O=C1c2cccc(N3CCCC(C(=O)N4CC[C@](O)(c5ccccc5)[C@@H]5CCCC[C@@H]54)C3)c2C(=O)N1CCn1cccn1. The zero-order chi connectivity index (χ0) is 29.6. The van der Waals surface area contributed by atoms with Gasteiger partial charge in [0, 0.05) is 50.5 Å². The van der Waals surface area contributed by atoms with E-state index in [-0.39, 0.29) is 42.1 Å². The topological polar surface area (TPSA) is 99.0 Å². The molecule has 1 aromatic heterocycles. The Morgan fingerprint density at radius 1 is 0.907 bits per heavy atom. The van der Waals surface area contributed by atoms with Crippen LogP contribution in [0.15, 0.2) is 67.0 Å². The molecule has 9 nitrogen and oxygen atoms in total. The van der Waals surface area contributed by atoms with Gasteiger partial charge in [-0.05, 0) is 55.9 Å². The van der Waals surface area contributed by atoms with Gasteiger partial charge in [0.05, 0.1) is 34.9 Å². The van der Waals surface area contributed by atoms with Gasteiger partial charge in [-0.1, -0.05) is 49.2 Å². The fourth-order valence-electron chi connectivity index (χ4n) is 8.09. The highest BCUT2D eigenvalue weighted by atomic mass is 16.3. The van der Waals surface area contributed by atoms with Crippen molar-refractivity contribution in [2.24, 2.45) is 11.8 Å². The van der Waals surface area contributed by atoms with Crippen LogP contribution in [0, 0.1) is 11.8 Å². The second-order valence-electron chi connectivity index (χ2n) is 12.5. The van der Waals surface area contributed by atoms with Crippen LogP contribution in [0.4, 0.5) is 5.69 Å². The first-order valence-electron chi connectivity index (χ1n) is 15.8. The maximum Gasteiger partial charge on any atom is 0.263 e. The van der Waals surface area contributed by atoms with E-state index in [2.05, 4.69) is 14.9 Å². The molecule has 43 heavy (non-hydrogen) atoms. The summed E-state index contributed by atoms with van der Waals surface area (Å²) in [6, 6.07) is 17.3. The lowest BCUT2D eigenvalue weighted by atomic mass is 9.66. The van der Waals surface area contributed by atoms with Crippen molar-refractivity contribution in [3.63, 3.8) is 0 Å². The van der Waals surface area contributed by atoms with E-state index < -0.39 is 5.60 Å². The highest BCUT2D eigenvalue weighted by molar-refractivity contribution is 6.23. The highest BCUT2D eigenvalue weighted by Gasteiger charge is 2.51. The van der Waals surface area contributed by atoms with E-state index in [0.717, 1.165) is 56.3 Å². The fraction of sp³-hybridized carbons (Fsp3) is 0.471. The van der Waals surface area contributed by atoms with E-state index in [9.17, 15) is 19.5 Å². The van der Waals surface area contributed by atoms with Crippen LogP contribution in [0.1, 0.15) is 71.2 Å². The molecule has 1 N–H and O–H groups in total. The van der Waals surface area contributed by atoms with Gasteiger partial charge < -0.3 is 14.9 Å². The van der Waals surface area contributed by atoms with Crippen LogP contribution in [0.2, 0.25) is 0 Å². The first-order valence-corrected chi connectivity index (χ1v) is 15.8. The smallest absolute Gasteiger partial charge is 0.263 e. The van der Waals surface area contributed by atoms with Crippen LogP contribution in [-0.2, 0) is 16.9 Å². The summed E-state index contributed by atoms with van der Waals surface area (Å²) in [6.07, 6.45) is 9.63. The number of hydrogen-bond acceptors (Lipinski definition) is 6. The van der Waals surface area contributed by atoms with Crippen LogP contribution < -0.4 is 4.90 Å². The van der Waals surface area contributed by atoms with E-state index in [0.29, 0.717) is 37.2 Å². The molecule has 3 amide bonds. The Kier molecular flexibility index (Phi) is 7.29. The van der Waals surface area contributed by atoms with E-state index in [1.807, 2.05) is 54.7 Å². The van der Waals surface area contributed by atoms with Crippen LogP contribution >= 0.6 is 0 Å². The molecule has 9 heteroatoms. The van der Waals surface area contributed by atoms with E-state index in [4.69, 9.17) is 0 Å². The molecule has 1 unspecified atom stereocenters. The van der Waals surface area contributed by atoms with Crippen molar-refractivity contribution in [2.45, 2.75) is 63.1 Å². The predicted molar refractivity (Wildman–Crippen MR) is 161 cm³/mol. The minimum Gasteiger partial charge on any atom is -0.385 e. The van der Waals surface area contributed by atoms with Crippen molar-refractivity contribution in [3.8, 4) is 0 Å². The van der Waals surface area contributed by atoms with Gasteiger partial charge in [0.15, 0.2) is 0 Å². The number of aliphatic hydroxyl groups is 1. The van der Waals surface area contributed by atoms with Crippen LogP contribution in [0.3, 0.4) is 0 Å². The van der Waals surface area contributed by atoms with Crippen molar-refractivity contribution in [1.29, 1.82) is 0 Å². The van der Waals surface area contributed by atoms with Crippen molar-refractivity contribution < 1.29 is 19.5 Å². The molecule has 7 rings (SSSR count). The third-order valence-electron chi connectivity index (χ3n) is 10.2. The Labute approximate surface area is 252 Å². The second-order valence-corrected chi connectivity index (χ2v) is 12.5. The predicted octanol–water partition coefficient (Wildman–Crippen LogP) is 4.07. The summed E-state index contributed by atoms with van der Waals surface area (Å²) >= 11 is 0. The minimum absolute atomic E-state index is 0.0230. The summed E-state index contributed by atoms with van der Waals surface area (Å²) in [6.45, 7) is 2.48. The lowest BCUT2D eigenvalue weighted by Crippen LogP contribution is -2.60. The molecule has 4 heterocycles. The van der Waals surface area contributed by atoms with Gasteiger partial charge in [-0.2, -0.15) is 5.10 Å². The summed E-state index contributed by atoms with van der Waals surface area (Å²) in [4.78, 5) is 46.6. The molecule has 1 saturated carbocycles. The lowest BCUT2D eigenvalue weighted by Gasteiger charge is -2.53. The number of amides is 3. The molecule has 3 aliphatic heterocycles. The summed E-state index contributed by atoms with van der Waals surface area (Å²) in [5, 5.41) is 16.2. The number of likely N-dealkylation sites (tertiary alicyclic amines) is 1. The molecule has 4 atom stereocenters. The van der Waals surface area contributed by atoms with E-state index in [1.54, 1.807) is 16.9 Å². The van der Waals surface area contributed by atoms with Crippen molar-refractivity contribution in [1.82, 2.24) is 19.6 Å². The Hall–Kier alpha value is -3.98. The third-order valence-corrected chi connectivity index (χ3v) is 10.2. The number of aromatic nitrogens is 2. The number of fused-ring (bicyclic) bond motifs is 2. The van der Waals surface area contributed by atoms with Crippen molar-refractivity contribution in [2.75, 3.05) is 31.1 Å². The summed E-state index contributed by atoms with van der Waals surface area (Å²) in [5.41, 5.74) is 1.65. The largest absolute Gasteiger partial charge is 0.385 e. The van der Waals surface area contributed by atoms with Gasteiger partial charge in [0.1, 0.15) is 0 Å². The molecule has 224 valence electrons. The van der Waals surface area contributed by atoms with Crippen LogP contribution in [0.25, 0.3) is 0 Å². The number of imide groups is 1. The average molecular weight is 582 g/mol. The number of nitrogens with zero attached hydrogens (tertiary/aromatic N) is 5. The van der Waals surface area contributed by atoms with Gasteiger partial charge in [0.25, 0.3) is 11.8 Å². The summed E-state index contributed by atoms with van der Waals surface area (Å²) < 4.78 is 1.71. The number of carbonyl (C=O) groups is 3. The zero-order valence-electron chi connectivity index (χ0n) is 24.5.